The number of ether oxygens (including phenoxy) is 1. The van der Waals surface area contributed by atoms with Crippen LogP contribution in [0.15, 0.2) is 35.5 Å². The summed E-state index contributed by atoms with van der Waals surface area (Å²) in [5.74, 6) is 0.0266. The molecule has 146 valence electrons. The van der Waals surface area contributed by atoms with Crippen LogP contribution in [0.25, 0.3) is 0 Å². The predicted octanol–water partition coefficient (Wildman–Crippen LogP) is 1.98. The van der Waals surface area contributed by atoms with Gasteiger partial charge in [0.2, 0.25) is 0 Å². The van der Waals surface area contributed by atoms with Crippen LogP contribution in [0.3, 0.4) is 0 Å². The highest BCUT2D eigenvalue weighted by atomic mass is 32.2. The first kappa shape index (κ1) is 20.3. The Hall–Kier alpha value is -1.48. The maximum Gasteiger partial charge on any atom is 0.267 e. The van der Waals surface area contributed by atoms with E-state index in [1.807, 2.05) is 24.5 Å². The maximum atomic E-state index is 12.6. The molecule has 3 rings (SSSR count). The van der Waals surface area contributed by atoms with Crippen LogP contribution in [0.5, 0.6) is 0 Å². The lowest BCUT2D eigenvalue weighted by Gasteiger charge is -2.34. The standard InChI is InChI=1S/C19H26N4O2S2/c1-25-14-4-8-23-18(24)17(27-19(23)26)15-22-12-10-21(11-13-22)9-6-16-5-2-3-7-20-16/h2-3,5,7,15H,4,6,8-14H2,1H3. The Morgan fingerprint density at radius 1 is 1.26 bits per heavy atom. The fourth-order valence-electron chi connectivity index (χ4n) is 3.15. The van der Waals surface area contributed by atoms with E-state index in [2.05, 4.69) is 20.9 Å². The molecule has 0 bridgehead atoms. The molecule has 6 nitrogen and oxygen atoms in total. The zero-order valence-corrected chi connectivity index (χ0v) is 17.3. The third kappa shape index (κ3) is 5.75. The van der Waals surface area contributed by atoms with E-state index < -0.39 is 0 Å². The number of hydrogen-bond acceptors (Lipinski definition) is 7. The summed E-state index contributed by atoms with van der Waals surface area (Å²) < 4.78 is 5.71. The van der Waals surface area contributed by atoms with Crippen molar-refractivity contribution in [1.82, 2.24) is 19.7 Å². The summed E-state index contributed by atoms with van der Waals surface area (Å²) in [6, 6.07) is 6.05. The molecule has 2 fully saturated rings. The molecule has 2 aliphatic heterocycles. The molecule has 0 atom stereocenters. The Morgan fingerprint density at radius 2 is 2.07 bits per heavy atom. The molecule has 3 heterocycles. The van der Waals surface area contributed by atoms with Gasteiger partial charge in [-0.1, -0.05) is 30.0 Å². The van der Waals surface area contributed by atoms with E-state index in [9.17, 15) is 4.79 Å². The zero-order valence-electron chi connectivity index (χ0n) is 15.7. The molecule has 2 saturated heterocycles. The summed E-state index contributed by atoms with van der Waals surface area (Å²) in [7, 11) is 1.67. The van der Waals surface area contributed by atoms with Crippen molar-refractivity contribution in [2.75, 3.05) is 53.0 Å². The van der Waals surface area contributed by atoms with Gasteiger partial charge < -0.3 is 9.64 Å². The van der Waals surface area contributed by atoms with Crippen LogP contribution >= 0.6 is 24.0 Å². The van der Waals surface area contributed by atoms with Crippen LogP contribution < -0.4 is 0 Å². The SMILES string of the molecule is COCCCN1C(=O)C(=CN2CCN(CCc3ccccn3)CC2)SC1=S. The van der Waals surface area contributed by atoms with E-state index in [0.29, 0.717) is 17.5 Å². The van der Waals surface area contributed by atoms with Gasteiger partial charge >= 0.3 is 0 Å². The normalized spacial score (nSPS) is 20.1. The molecule has 0 N–H and O–H groups in total. The first-order valence-electron chi connectivity index (χ1n) is 9.28. The molecule has 0 radical (unpaired) electrons. The Bertz CT molecular complexity index is 676. The number of carbonyl (C=O) groups is 1. The van der Waals surface area contributed by atoms with Crippen molar-refractivity contribution in [3.8, 4) is 0 Å². The van der Waals surface area contributed by atoms with Gasteiger partial charge in [0.05, 0.1) is 4.91 Å². The molecule has 8 heteroatoms. The fourth-order valence-corrected chi connectivity index (χ4v) is 4.47. The van der Waals surface area contributed by atoms with Gasteiger partial charge in [0.1, 0.15) is 4.32 Å². The molecule has 1 aromatic rings. The Kier molecular flexibility index (Phi) is 7.63. The Morgan fingerprint density at radius 3 is 2.78 bits per heavy atom. The number of nitrogens with zero attached hydrogens (tertiary/aromatic N) is 4. The van der Waals surface area contributed by atoms with Crippen molar-refractivity contribution in [1.29, 1.82) is 0 Å². The smallest absolute Gasteiger partial charge is 0.267 e. The lowest BCUT2D eigenvalue weighted by molar-refractivity contribution is -0.122. The third-order valence-corrected chi connectivity index (χ3v) is 6.09. The number of thiocarbonyl (C=S) groups is 1. The van der Waals surface area contributed by atoms with Gasteiger partial charge in [-0.3, -0.25) is 19.6 Å². The van der Waals surface area contributed by atoms with Crippen molar-refractivity contribution < 1.29 is 9.53 Å². The summed E-state index contributed by atoms with van der Waals surface area (Å²) in [5.41, 5.74) is 1.14. The quantitative estimate of drug-likeness (QED) is 0.372. The number of methoxy groups -OCH3 is 1. The molecule has 1 aromatic heterocycles. The third-order valence-electron chi connectivity index (χ3n) is 4.72. The number of amides is 1. The van der Waals surface area contributed by atoms with Gasteiger partial charge in [-0.2, -0.15) is 0 Å². The van der Waals surface area contributed by atoms with Crippen molar-refractivity contribution in [3.63, 3.8) is 0 Å². The molecule has 0 unspecified atom stereocenters. The molecule has 2 aliphatic rings. The highest BCUT2D eigenvalue weighted by molar-refractivity contribution is 8.26. The van der Waals surface area contributed by atoms with Crippen LogP contribution in [0.1, 0.15) is 12.1 Å². The molecular formula is C19H26N4O2S2. The van der Waals surface area contributed by atoms with E-state index in [1.54, 1.807) is 12.0 Å². The second kappa shape index (κ2) is 10.2. The summed E-state index contributed by atoms with van der Waals surface area (Å²) in [6.07, 6.45) is 5.61. The Balaban J connectivity index is 1.45. The number of rotatable bonds is 8. The number of piperazine rings is 1. The van der Waals surface area contributed by atoms with Crippen molar-refractivity contribution >= 4 is 34.2 Å². The second-order valence-electron chi connectivity index (χ2n) is 6.61. The maximum absolute atomic E-state index is 12.6. The first-order valence-corrected chi connectivity index (χ1v) is 10.5. The van der Waals surface area contributed by atoms with Crippen LogP contribution in [-0.4, -0.2) is 82.9 Å². The minimum atomic E-state index is 0.0266. The van der Waals surface area contributed by atoms with Gasteiger partial charge in [0.15, 0.2) is 0 Å². The highest BCUT2D eigenvalue weighted by Gasteiger charge is 2.32. The highest BCUT2D eigenvalue weighted by Crippen LogP contribution is 2.31. The van der Waals surface area contributed by atoms with Gasteiger partial charge in [0, 0.05) is 77.5 Å². The van der Waals surface area contributed by atoms with Gasteiger partial charge in [-0.15, -0.1) is 0 Å². The molecule has 1 amide bonds. The number of hydrogen-bond donors (Lipinski definition) is 0. The molecule has 0 aliphatic carbocycles. The molecular weight excluding hydrogens is 380 g/mol. The predicted molar refractivity (Wildman–Crippen MR) is 112 cm³/mol. The lowest BCUT2D eigenvalue weighted by Crippen LogP contribution is -2.45. The van der Waals surface area contributed by atoms with Crippen LogP contribution in [0, 0.1) is 0 Å². The molecule has 27 heavy (non-hydrogen) atoms. The fraction of sp³-hybridized carbons (Fsp3) is 0.526. The van der Waals surface area contributed by atoms with Gasteiger partial charge in [-0.25, -0.2) is 0 Å². The molecule has 0 spiro atoms. The molecule has 0 aromatic carbocycles. The van der Waals surface area contributed by atoms with E-state index in [1.165, 1.54) is 11.8 Å². The average Bonchev–Trinajstić information content (AvgIpc) is 2.96. The van der Waals surface area contributed by atoms with Crippen LogP contribution in [0.4, 0.5) is 0 Å². The average molecular weight is 407 g/mol. The summed E-state index contributed by atoms with van der Waals surface area (Å²) >= 11 is 6.77. The monoisotopic (exact) mass is 406 g/mol. The minimum absolute atomic E-state index is 0.0266. The van der Waals surface area contributed by atoms with Crippen molar-refractivity contribution in [3.05, 3.63) is 41.2 Å². The largest absolute Gasteiger partial charge is 0.385 e. The zero-order chi connectivity index (χ0) is 19.1. The van der Waals surface area contributed by atoms with Crippen LogP contribution in [0.2, 0.25) is 0 Å². The van der Waals surface area contributed by atoms with E-state index in [0.717, 1.165) is 56.2 Å². The number of thioether (sulfide) groups is 1. The van der Waals surface area contributed by atoms with Gasteiger partial charge in [-0.05, 0) is 18.6 Å². The van der Waals surface area contributed by atoms with Gasteiger partial charge in [0.25, 0.3) is 5.91 Å². The number of aromatic nitrogens is 1. The minimum Gasteiger partial charge on any atom is -0.385 e. The summed E-state index contributed by atoms with van der Waals surface area (Å²) in [4.78, 5) is 24.1. The first-order chi connectivity index (χ1) is 13.2. The summed E-state index contributed by atoms with van der Waals surface area (Å²) in [5, 5.41) is 0. The topological polar surface area (TPSA) is 48.9 Å². The van der Waals surface area contributed by atoms with Crippen molar-refractivity contribution in [2.45, 2.75) is 12.8 Å². The van der Waals surface area contributed by atoms with E-state index in [4.69, 9.17) is 17.0 Å². The van der Waals surface area contributed by atoms with E-state index >= 15 is 0 Å². The summed E-state index contributed by atoms with van der Waals surface area (Å²) in [6.45, 7) is 6.13. The second-order valence-corrected chi connectivity index (χ2v) is 8.29. The van der Waals surface area contributed by atoms with E-state index in [-0.39, 0.29) is 5.91 Å². The molecule has 0 saturated carbocycles. The van der Waals surface area contributed by atoms with Crippen LogP contribution in [-0.2, 0) is 16.0 Å². The number of pyridine rings is 1. The Labute approximate surface area is 170 Å². The van der Waals surface area contributed by atoms with Crippen molar-refractivity contribution in [2.24, 2.45) is 0 Å². The number of carbonyl (C=O) groups excluding carboxylic acids is 1. The lowest BCUT2D eigenvalue weighted by atomic mass is 10.2.